The van der Waals surface area contributed by atoms with Crippen LogP contribution in [0.15, 0.2) is 24.3 Å². The molecule has 3 heteroatoms. The first-order valence-corrected chi connectivity index (χ1v) is 6.88. The van der Waals surface area contributed by atoms with Gasteiger partial charge >= 0.3 is 0 Å². The normalized spacial score (nSPS) is 30.7. The van der Waals surface area contributed by atoms with Gasteiger partial charge in [-0.25, -0.2) is 0 Å². The first kappa shape index (κ1) is 12.0. The maximum atomic E-state index is 6.04. The average molecular weight is 246 g/mol. The Labute approximate surface area is 109 Å². The van der Waals surface area contributed by atoms with Crippen molar-refractivity contribution in [2.75, 3.05) is 0 Å². The molecule has 3 atom stereocenters. The predicted octanol–water partition coefficient (Wildman–Crippen LogP) is 2.74. The summed E-state index contributed by atoms with van der Waals surface area (Å²) in [5.41, 5.74) is 1.33. The fourth-order valence-electron chi connectivity index (χ4n) is 3.25. The summed E-state index contributed by atoms with van der Waals surface area (Å²) in [6.07, 6.45) is 0.505. The lowest BCUT2D eigenvalue weighted by molar-refractivity contribution is 0.107. The van der Waals surface area contributed by atoms with Gasteiger partial charge < -0.3 is 4.74 Å². The number of nitrogens with zero attached hydrogens (tertiary/aromatic N) is 1. The first-order valence-electron chi connectivity index (χ1n) is 6.88. The standard InChI is InChI=1S/C15H22N2O/c1-9(2)14-16-15-13(17(14)10(3)4)11-7-5-6-8-12(11)18-15/h5-10,13-16H,1-4H3. The molecule has 3 nitrogen and oxygen atoms in total. The number of para-hydroxylation sites is 1. The predicted molar refractivity (Wildman–Crippen MR) is 72.3 cm³/mol. The third kappa shape index (κ3) is 1.65. The molecule has 0 spiro atoms. The molecule has 2 heterocycles. The monoisotopic (exact) mass is 246 g/mol. The summed E-state index contributed by atoms with van der Waals surface area (Å²) in [5, 5.41) is 3.63. The highest BCUT2D eigenvalue weighted by atomic mass is 16.5. The molecule has 0 aromatic heterocycles. The van der Waals surface area contributed by atoms with E-state index in [2.05, 4.69) is 56.1 Å². The van der Waals surface area contributed by atoms with Gasteiger partial charge in [-0.15, -0.1) is 0 Å². The van der Waals surface area contributed by atoms with E-state index in [4.69, 9.17) is 4.74 Å². The van der Waals surface area contributed by atoms with Crippen molar-refractivity contribution >= 4 is 0 Å². The Morgan fingerprint density at radius 2 is 1.89 bits per heavy atom. The number of nitrogens with one attached hydrogen (secondary N) is 1. The van der Waals surface area contributed by atoms with Crippen LogP contribution < -0.4 is 10.1 Å². The zero-order chi connectivity index (χ0) is 12.9. The second kappa shape index (κ2) is 4.25. The summed E-state index contributed by atoms with van der Waals surface area (Å²) in [6, 6.07) is 9.27. The number of benzene rings is 1. The second-order valence-electron chi connectivity index (χ2n) is 5.92. The van der Waals surface area contributed by atoms with Gasteiger partial charge in [-0.3, -0.25) is 10.2 Å². The number of hydrogen-bond donors (Lipinski definition) is 1. The van der Waals surface area contributed by atoms with E-state index in [1.165, 1.54) is 5.56 Å². The van der Waals surface area contributed by atoms with Crippen molar-refractivity contribution in [3.63, 3.8) is 0 Å². The van der Waals surface area contributed by atoms with Gasteiger partial charge in [0.05, 0.1) is 12.2 Å². The molecule has 0 bridgehead atoms. The van der Waals surface area contributed by atoms with Gasteiger partial charge in [0.15, 0.2) is 6.23 Å². The molecular weight excluding hydrogens is 224 g/mol. The van der Waals surface area contributed by atoms with Crippen LogP contribution in [-0.2, 0) is 0 Å². The molecule has 3 rings (SSSR count). The average Bonchev–Trinajstić information content (AvgIpc) is 2.83. The topological polar surface area (TPSA) is 24.5 Å². The van der Waals surface area contributed by atoms with Crippen molar-refractivity contribution in [3.05, 3.63) is 29.8 Å². The number of rotatable bonds is 2. The largest absolute Gasteiger partial charge is 0.473 e. The van der Waals surface area contributed by atoms with E-state index in [0.717, 1.165) is 5.75 Å². The SMILES string of the molecule is CC(C)C1NC2Oc3ccccc3C2N1C(C)C. The molecular formula is C15H22N2O. The number of fused-ring (bicyclic) bond motifs is 3. The lowest BCUT2D eigenvalue weighted by Gasteiger charge is -2.33. The van der Waals surface area contributed by atoms with Crippen LogP contribution in [-0.4, -0.2) is 23.3 Å². The molecule has 0 radical (unpaired) electrons. The zero-order valence-corrected chi connectivity index (χ0v) is 11.6. The van der Waals surface area contributed by atoms with Crippen LogP contribution >= 0.6 is 0 Å². The second-order valence-corrected chi connectivity index (χ2v) is 5.92. The van der Waals surface area contributed by atoms with E-state index in [1.54, 1.807) is 0 Å². The van der Waals surface area contributed by atoms with Crippen molar-refractivity contribution in [1.29, 1.82) is 0 Å². The van der Waals surface area contributed by atoms with Gasteiger partial charge in [0, 0.05) is 11.6 Å². The molecule has 3 unspecified atom stereocenters. The van der Waals surface area contributed by atoms with Crippen molar-refractivity contribution < 1.29 is 4.74 Å². The minimum absolute atomic E-state index is 0.109. The van der Waals surface area contributed by atoms with E-state index in [1.807, 2.05) is 6.07 Å². The van der Waals surface area contributed by atoms with Gasteiger partial charge in [0.2, 0.25) is 0 Å². The summed E-state index contributed by atoms with van der Waals surface area (Å²) in [5.74, 6) is 1.61. The Hall–Kier alpha value is -1.06. The Bertz CT molecular complexity index is 444. The van der Waals surface area contributed by atoms with E-state index >= 15 is 0 Å². The summed E-state index contributed by atoms with van der Waals surface area (Å²) in [6.45, 7) is 9.06. The molecule has 2 aliphatic heterocycles. The highest BCUT2D eigenvalue weighted by Gasteiger charge is 2.49. The summed E-state index contributed by atoms with van der Waals surface area (Å²) in [7, 11) is 0. The summed E-state index contributed by atoms with van der Waals surface area (Å²) >= 11 is 0. The fraction of sp³-hybridized carbons (Fsp3) is 0.600. The lowest BCUT2D eigenvalue weighted by atomic mass is 10.0. The van der Waals surface area contributed by atoms with E-state index in [0.29, 0.717) is 24.2 Å². The molecule has 1 saturated heterocycles. The quantitative estimate of drug-likeness (QED) is 0.868. The lowest BCUT2D eigenvalue weighted by Crippen LogP contribution is -2.45. The van der Waals surface area contributed by atoms with Crippen LogP contribution in [0.1, 0.15) is 39.3 Å². The third-order valence-corrected chi connectivity index (χ3v) is 3.98. The van der Waals surface area contributed by atoms with E-state index in [9.17, 15) is 0 Å². The maximum absolute atomic E-state index is 6.04. The van der Waals surface area contributed by atoms with Crippen LogP contribution in [0.4, 0.5) is 0 Å². The highest BCUT2D eigenvalue weighted by Crippen LogP contribution is 2.45. The summed E-state index contributed by atoms with van der Waals surface area (Å²) < 4.78 is 6.04. The van der Waals surface area contributed by atoms with Crippen molar-refractivity contribution in [2.24, 2.45) is 5.92 Å². The minimum atomic E-state index is 0.109. The van der Waals surface area contributed by atoms with Crippen molar-refractivity contribution in [3.8, 4) is 5.75 Å². The van der Waals surface area contributed by atoms with Gasteiger partial charge in [-0.05, 0) is 25.8 Å². The number of ether oxygens (including phenoxy) is 1. The molecule has 2 aliphatic rings. The van der Waals surface area contributed by atoms with Gasteiger partial charge in [-0.1, -0.05) is 32.0 Å². The Morgan fingerprint density at radius 3 is 2.56 bits per heavy atom. The van der Waals surface area contributed by atoms with E-state index in [-0.39, 0.29) is 6.23 Å². The van der Waals surface area contributed by atoms with Crippen LogP contribution in [0, 0.1) is 5.92 Å². The molecule has 18 heavy (non-hydrogen) atoms. The van der Waals surface area contributed by atoms with Gasteiger partial charge in [0.25, 0.3) is 0 Å². The van der Waals surface area contributed by atoms with Gasteiger partial charge in [-0.2, -0.15) is 0 Å². The first-order chi connectivity index (χ1) is 8.59. The molecule has 0 amide bonds. The molecule has 0 saturated carbocycles. The third-order valence-electron chi connectivity index (χ3n) is 3.98. The van der Waals surface area contributed by atoms with Gasteiger partial charge in [0.1, 0.15) is 5.75 Å². The van der Waals surface area contributed by atoms with E-state index < -0.39 is 0 Å². The van der Waals surface area contributed by atoms with Crippen molar-refractivity contribution in [1.82, 2.24) is 10.2 Å². The van der Waals surface area contributed by atoms with Crippen LogP contribution in [0.25, 0.3) is 0 Å². The van der Waals surface area contributed by atoms with Crippen molar-refractivity contribution in [2.45, 2.75) is 52.2 Å². The smallest absolute Gasteiger partial charge is 0.171 e. The van der Waals surface area contributed by atoms with Crippen LogP contribution in [0.3, 0.4) is 0 Å². The molecule has 1 aromatic carbocycles. The zero-order valence-electron chi connectivity index (χ0n) is 11.6. The Balaban J connectivity index is 1.99. The molecule has 1 fully saturated rings. The highest BCUT2D eigenvalue weighted by molar-refractivity contribution is 5.41. The van der Waals surface area contributed by atoms with Crippen LogP contribution in [0.2, 0.25) is 0 Å². The molecule has 1 aromatic rings. The molecule has 0 aliphatic carbocycles. The molecule has 1 N–H and O–H groups in total. The Morgan fingerprint density at radius 1 is 1.17 bits per heavy atom. The maximum Gasteiger partial charge on any atom is 0.171 e. The summed E-state index contributed by atoms with van der Waals surface area (Å²) in [4.78, 5) is 2.56. The van der Waals surface area contributed by atoms with Crippen LogP contribution in [0.5, 0.6) is 5.75 Å². The number of hydrogen-bond acceptors (Lipinski definition) is 3. The Kier molecular flexibility index (Phi) is 2.83. The fourth-order valence-corrected chi connectivity index (χ4v) is 3.25. The minimum Gasteiger partial charge on any atom is -0.473 e. The molecule has 98 valence electrons.